The third-order valence-corrected chi connectivity index (χ3v) is 5.71. The van der Waals surface area contributed by atoms with Crippen molar-refractivity contribution < 1.29 is 13.2 Å². The van der Waals surface area contributed by atoms with Gasteiger partial charge < -0.3 is 9.88 Å². The van der Waals surface area contributed by atoms with Crippen molar-refractivity contribution in [3.63, 3.8) is 0 Å². The van der Waals surface area contributed by atoms with Crippen molar-refractivity contribution >= 4 is 33.4 Å². The summed E-state index contributed by atoms with van der Waals surface area (Å²) in [4.78, 5) is 12.3. The van der Waals surface area contributed by atoms with Crippen LogP contribution >= 0.6 is 11.8 Å². The first-order valence-corrected chi connectivity index (χ1v) is 12.1. The number of benzene rings is 2. The molecular formula is C20H23N5O3S2. The standard InChI is InChI=1S/C20H23N5O3S2/c1-15-22-23-20(25(15)13-16-7-4-3-5-8-16)29-14-19(26)21-12-17-9-6-10-18(11-17)24-30(2,27)28/h3-11,24H,12-14H2,1-2H3,(H,21,26). The molecule has 0 saturated heterocycles. The molecule has 0 radical (unpaired) electrons. The molecule has 1 heterocycles. The maximum atomic E-state index is 12.3. The minimum Gasteiger partial charge on any atom is -0.351 e. The monoisotopic (exact) mass is 445 g/mol. The van der Waals surface area contributed by atoms with E-state index < -0.39 is 10.0 Å². The first kappa shape index (κ1) is 21.8. The van der Waals surface area contributed by atoms with E-state index in [1.807, 2.05) is 47.9 Å². The topological polar surface area (TPSA) is 106 Å². The molecule has 3 aromatic rings. The van der Waals surface area contributed by atoms with Crippen LogP contribution in [-0.2, 0) is 27.9 Å². The van der Waals surface area contributed by atoms with Gasteiger partial charge in [0, 0.05) is 12.2 Å². The van der Waals surface area contributed by atoms with Crippen LogP contribution in [0.4, 0.5) is 5.69 Å². The summed E-state index contributed by atoms with van der Waals surface area (Å²) in [5, 5.41) is 11.8. The average molecular weight is 446 g/mol. The lowest BCUT2D eigenvalue weighted by molar-refractivity contribution is -0.118. The SMILES string of the molecule is Cc1nnc(SCC(=O)NCc2cccc(NS(C)(=O)=O)c2)n1Cc1ccccc1. The summed E-state index contributed by atoms with van der Waals surface area (Å²) in [5.41, 5.74) is 2.39. The number of anilines is 1. The van der Waals surface area contributed by atoms with Crippen LogP contribution in [0.2, 0.25) is 0 Å². The van der Waals surface area contributed by atoms with Crippen LogP contribution in [-0.4, -0.2) is 41.1 Å². The summed E-state index contributed by atoms with van der Waals surface area (Å²) in [7, 11) is -3.35. The lowest BCUT2D eigenvalue weighted by atomic mass is 10.2. The number of amides is 1. The minimum atomic E-state index is -3.35. The lowest BCUT2D eigenvalue weighted by Gasteiger charge is -2.09. The van der Waals surface area contributed by atoms with Crippen molar-refractivity contribution in [2.75, 3.05) is 16.7 Å². The van der Waals surface area contributed by atoms with Gasteiger partial charge >= 0.3 is 0 Å². The number of thioether (sulfide) groups is 1. The van der Waals surface area contributed by atoms with Crippen molar-refractivity contribution in [2.45, 2.75) is 25.2 Å². The average Bonchev–Trinajstić information content (AvgIpc) is 3.04. The fraction of sp³-hybridized carbons (Fsp3) is 0.250. The number of sulfonamides is 1. The molecule has 0 aliphatic carbocycles. The number of aromatic nitrogens is 3. The van der Waals surface area contributed by atoms with Gasteiger partial charge in [-0.2, -0.15) is 0 Å². The zero-order valence-electron chi connectivity index (χ0n) is 16.7. The smallest absolute Gasteiger partial charge is 0.230 e. The van der Waals surface area contributed by atoms with E-state index in [4.69, 9.17) is 0 Å². The van der Waals surface area contributed by atoms with Crippen LogP contribution in [0.25, 0.3) is 0 Å². The molecule has 0 atom stereocenters. The van der Waals surface area contributed by atoms with E-state index >= 15 is 0 Å². The Balaban J connectivity index is 1.54. The molecule has 1 aromatic heterocycles. The molecule has 2 aromatic carbocycles. The Hall–Kier alpha value is -2.85. The molecule has 0 fully saturated rings. The zero-order valence-corrected chi connectivity index (χ0v) is 18.3. The van der Waals surface area contributed by atoms with Gasteiger partial charge in [-0.15, -0.1) is 10.2 Å². The van der Waals surface area contributed by atoms with Gasteiger partial charge in [-0.1, -0.05) is 54.2 Å². The maximum Gasteiger partial charge on any atom is 0.230 e. The molecular weight excluding hydrogens is 422 g/mol. The van der Waals surface area contributed by atoms with E-state index in [0.29, 0.717) is 23.9 Å². The van der Waals surface area contributed by atoms with Crippen LogP contribution in [0.5, 0.6) is 0 Å². The number of nitrogens with one attached hydrogen (secondary N) is 2. The Kier molecular flexibility index (Phi) is 7.11. The van der Waals surface area contributed by atoms with E-state index in [0.717, 1.165) is 23.2 Å². The normalized spacial score (nSPS) is 11.3. The minimum absolute atomic E-state index is 0.145. The molecule has 8 nitrogen and oxygen atoms in total. The summed E-state index contributed by atoms with van der Waals surface area (Å²) in [6.45, 7) is 2.83. The summed E-state index contributed by atoms with van der Waals surface area (Å²) < 4.78 is 27.1. The van der Waals surface area contributed by atoms with E-state index in [1.165, 1.54) is 11.8 Å². The fourth-order valence-electron chi connectivity index (χ4n) is 2.76. The van der Waals surface area contributed by atoms with Crippen LogP contribution in [0.3, 0.4) is 0 Å². The largest absolute Gasteiger partial charge is 0.351 e. The number of rotatable bonds is 9. The number of carbonyl (C=O) groups is 1. The number of hydrogen-bond acceptors (Lipinski definition) is 6. The summed E-state index contributed by atoms with van der Waals surface area (Å²) in [5.74, 6) is 0.846. The maximum absolute atomic E-state index is 12.3. The Labute approximate surface area is 180 Å². The van der Waals surface area contributed by atoms with Gasteiger partial charge in [0.15, 0.2) is 5.16 Å². The van der Waals surface area contributed by atoms with Gasteiger partial charge in [0.05, 0.1) is 18.6 Å². The molecule has 0 spiro atoms. The molecule has 0 unspecified atom stereocenters. The van der Waals surface area contributed by atoms with Crippen LogP contribution in [0, 0.1) is 6.92 Å². The van der Waals surface area contributed by atoms with Crippen molar-refractivity contribution in [1.29, 1.82) is 0 Å². The van der Waals surface area contributed by atoms with Gasteiger partial charge in [0.25, 0.3) is 0 Å². The van der Waals surface area contributed by atoms with Crippen LogP contribution in [0.15, 0.2) is 59.8 Å². The highest BCUT2D eigenvalue weighted by Gasteiger charge is 2.12. The van der Waals surface area contributed by atoms with Crippen molar-refractivity contribution in [2.24, 2.45) is 0 Å². The summed E-state index contributed by atoms with van der Waals surface area (Å²) in [6.07, 6.45) is 1.09. The molecule has 0 aliphatic rings. The second-order valence-electron chi connectivity index (χ2n) is 6.74. The fourth-order valence-corrected chi connectivity index (χ4v) is 4.13. The third kappa shape index (κ3) is 6.60. The van der Waals surface area contributed by atoms with Gasteiger partial charge in [-0.3, -0.25) is 9.52 Å². The Bertz CT molecular complexity index is 1110. The van der Waals surface area contributed by atoms with Gasteiger partial charge in [-0.05, 0) is 30.2 Å². The first-order valence-electron chi connectivity index (χ1n) is 9.20. The highest BCUT2D eigenvalue weighted by Crippen LogP contribution is 2.18. The van der Waals surface area contributed by atoms with Crippen molar-refractivity contribution in [1.82, 2.24) is 20.1 Å². The molecule has 2 N–H and O–H groups in total. The summed E-state index contributed by atoms with van der Waals surface area (Å²) in [6, 6.07) is 16.9. The highest BCUT2D eigenvalue weighted by molar-refractivity contribution is 7.99. The molecule has 10 heteroatoms. The number of nitrogens with zero attached hydrogens (tertiary/aromatic N) is 3. The quantitative estimate of drug-likeness (QED) is 0.490. The molecule has 158 valence electrons. The van der Waals surface area contributed by atoms with E-state index in [1.54, 1.807) is 18.2 Å². The Morgan fingerprint density at radius 1 is 1.07 bits per heavy atom. The van der Waals surface area contributed by atoms with E-state index in [9.17, 15) is 13.2 Å². The molecule has 1 amide bonds. The first-order chi connectivity index (χ1) is 14.3. The van der Waals surface area contributed by atoms with Gasteiger partial charge in [-0.25, -0.2) is 8.42 Å². The number of carbonyl (C=O) groups excluding carboxylic acids is 1. The van der Waals surface area contributed by atoms with Gasteiger partial charge in [0.2, 0.25) is 15.9 Å². The predicted molar refractivity (Wildman–Crippen MR) is 118 cm³/mol. The lowest BCUT2D eigenvalue weighted by Crippen LogP contribution is -2.24. The number of hydrogen-bond donors (Lipinski definition) is 2. The molecule has 30 heavy (non-hydrogen) atoms. The molecule has 0 bridgehead atoms. The second kappa shape index (κ2) is 9.77. The number of aryl methyl sites for hydroxylation is 1. The summed E-state index contributed by atoms with van der Waals surface area (Å²) >= 11 is 1.33. The second-order valence-corrected chi connectivity index (χ2v) is 9.43. The van der Waals surface area contributed by atoms with E-state index in [2.05, 4.69) is 20.2 Å². The zero-order chi connectivity index (χ0) is 21.6. The third-order valence-electron chi connectivity index (χ3n) is 4.14. The van der Waals surface area contributed by atoms with E-state index in [-0.39, 0.29) is 11.7 Å². The Morgan fingerprint density at radius 3 is 2.53 bits per heavy atom. The molecule has 3 rings (SSSR count). The van der Waals surface area contributed by atoms with Gasteiger partial charge in [0.1, 0.15) is 5.82 Å². The Morgan fingerprint density at radius 2 is 1.80 bits per heavy atom. The van der Waals surface area contributed by atoms with Crippen molar-refractivity contribution in [3.05, 3.63) is 71.5 Å². The molecule has 0 aliphatic heterocycles. The van der Waals surface area contributed by atoms with Crippen molar-refractivity contribution in [3.8, 4) is 0 Å². The predicted octanol–water partition coefficient (Wildman–Crippen LogP) is 2.41. The van der Waals surface area contributed by atoms with Crippen LogP contribution < -0.4 is 10.0 Å². The highest BCUT2D eigenvalue weighted by atomic mass is 32.2. The molecule has 0 saturated carbocycles. The van der Waals surface area contributed by atoms with Crippen LogP contribution in [0.1, 0.15) is 17.0 Å².